The van der Waals surface area contributed by atoms with Crippen LogP contribution < -0.4 is 5.32 Å². The van der Waals surface area contributed by atoms with Gasteiger partial charge in [-0.1, -0.05) is 50.6 Å². The molecule has 21 heavy (non-hydrogen) atoms. The molecule has 2 nitrogen and oxygen atoms in total. The van der Waals surface area contributed by atoms with Crippen molar-refractivity contribution in [1.82, 2.24) is 10.2 Å². The standard InChI is InChI=1S/C19H32N2/c1-5-12-20-18(17-10-8-16(4)9-11-17)14-21-13-6-7-19(21)15(2)3/h8-11,15,18-20H,5-7,12-14H2,1-4H3. The molecule has 2 rings (SSSR count). The van der Waals surface area contributed by atoms with E-state index in [2.05, 4.69) is 62.2 Å². The molecule has 1 aliphatic heterocycles. The SMILES string of the molecule is CCCNC(CN1CCCC1C(C)C)c1ccc(C)cc1. The molecular weight excluding hydrogens is 256 g/mol. The van der Waals surface area contributed by atoms with Crippen LogP contribution in [0.4, 0.5) is 0 Å². The van der Waals surface area contributed by atoms with E-state index in [-0.39, 0.29) is 0 Å². The van der Waals surface area contributed by atoms with E-state index in [0.29, 0.717) is 6.04 Å². The van der Waals surface area contributed by atoms with Crippen molar-refractivity contribution in [2.45, 2.75) is 59.0 Å². The summed E-state index contributed by atoms with van der Waals surface area (Å²) in [5.74, 6) is 0.761. The van der Waals surface area contributed by atoms with Crippen LogP contribution >= 0.6 is 0 Å². The van der Waals surface area contributed by atoms with E-state index in [0.717, 1.165) is 25.0 Å². The van der Waals surface area contributed by atoms with Gasteiger partial charge in [0.05, 0.1) is 0 Å². The third-order valence-corrected chi connectivity index (χ3v) is 4.72. The summed E-state index contributed by atoms with van der Waals surface area (Å²) in [7, 11) is 0. The normalized spacial score (nSPS) is 21.1. The number of aryl methyl sites for hydroxylation is 1. The van der Waals surface area contributed by atoms with Gasteiger partial charge in [-0.25, -0.2) is 0 Å². The minimum atomic E-state index is 0.463. The summed E-state index contributed by atoms with van der Waals surface area (Å²) in [5.41, 5.74) is 2.78. The lowest BCUT2D eigenvalue weighted by molar-refractivity contribution is 0.186. The lowest BCUT2D eigenvalue weighted by atomic mass is 10.00. The molecule has 0 aliphatic carbocycles. The zero-order valence-corrected chi connectivity index (χ0v) is 14.2. The summed E-state index contributed by atoms with van der Waals surface area (Å²) in [5, 5.41) is 3.75. The predicted octanol–water partition coefficient (Wildman–Crippen LogP) is 4.16. The van der Waals surface area contributed by atoms with Crippen LogP contribution in [0.15, 0.2) is 24.3 Å². The first-order valence-electron chi connectivity index (χ1n) is 8.65. The first kappa shape index (κ1) is 16.5. The summed E-state index contributed by atoms with van der Waals surface area (Å²) in [6.45, 7) is 12.6. The average Bonchev–Trinajstić information content (AvgIpc) is 2.93. The fourth-order valence-electron chi connectivity index (χ4n) is 3.47. The molecule has 0 aromatic heterocycles. The van der Waals surface area contributed by atoms with E-state index in [1.807, 2.05) is 0 Å². The molecule has 2 heteroatoms. The molecule has 1 aromatic carbocycles. The van der Waals surface area contributed by atoms with Gasteiger partial charge in [-0.15, -0.1) is 0 Å². The number of hydrogen-bond donors (Lipinski definition) is 1. The zero-order valence-electron chi connectivity index (χ0n) is 14.2. The minimum absolute atomic E-state index is 0.463. The molecule has 2 unspecified atom stereocenters. The molecular formula is C19H32N2. The van der Waals surface area contributed by atoms with Crippen LogP contribution in [0.3, 0.4) is 0 Å². The number of hydrogen-bond acceptors (Lipinski definition) is 2. The summed E-state index contributed by atoms with van der Waals surface area (Å²) in [6, 6.07) is 10.3. The Morgan fingerprint density at radius 2 is 1.95 bits per heavy atom. The molecule has 1 aromatic rings. The van der Waals surface area contributed by atoms with Crippen molar-refractivity contribution in [1.29, 1.82) is 0 Å². The van der Waals surface area contributed by atoms with Gasteiger partial charge in [0.2, 0.25) is 0 Å². The second-order valence-corrected chi connectivity index (χ2v) is 6.87. The molecule has 0 bridgehead atoms. The van der Waals surface area contributed by atoms with E-state index in [4.69, 9.17) is 0 Å². The van der Waals surface area contributed by atoms with Crippen molar-refractivity contribution in [2.24, 2.45) is 5.92 Å². The number of likely N-dealkylation sites (tertiary alicyclic amines) is 1. The fourth-order valence-corrected chi connectivity index (χ4v) is 3.47. The van der Waals surface area contributed by atoms with Crippen molar-refractivity contribution in [2.75, 3.05) is 19.6 Å². The predicted molar refractivity (Wildman–Crippen MR) is 91.6 cm³/mol. The van der Waals surface area contributed by atoms with Gasteiger partial charge in [0.25, 0.3) is 0 Å². The minimum Gasteiger partial charge on any atom is -0.309 e. The maximum Gasteiger partial charge on any atom is 0.0449 e. The average molecular weight is 288 g/mol. The Bertz CT molecular complexity index is 410. The number of rotatable bonds is 7. The molecule has 0 amide bonds. The number of nitrogens with one attached hydrogen (secondary N) is 1. The smallest absolute Gasteiger partial charge is 0.0449 e. The maximum absolute atomic E-state index is 3.75. The summed E-state index contributed by atoms with van der Waals surface area (Å²) in [4.78, 5) is 2.71. The highest BCUT2D eigenvalue weighted by molar-refractivity contribution is 5.24. The van der Waals surface area contributed by atoms with Crippen molar-refractivity contribution in [3.8, 4) is 0 Å². The Morgan fingerprint density at radius 3 is 2.57 bits per heavy atom. The Kier molecular flexibility index (Phi) is 6.25. The number of benzene rings is 1. The lowest BCUT2D eigenvalue weighted by Gasteiger charge is -2.32. The fraction of sp³-hybridized carbons (Fsp3) is 0.684. The Labute approximate surface area is 130 Å². The van der Waals surface area contributed by atoms with Crippen LogP contribution in [0.2, 0.25) is 0 Å². The molecule has 0 saturated carbocycles. The van der Waals surface area contributed by atoms with E-state index in [1.165, 1.54) is 36.9 Å². The third kappa shape index (κ3) is 4.55. The van der Waals surface area contributed by atoms with E-state index < -0.39 is 0 Å². The summed E-state index contributed by atoms with van der Waals surface area (Å²) >= 11 is 0. The molecule has 1 saturated heterocycles. The highest BCUT2D eigenvalue weighted by atomic mass is 15.2. The third-order valence-electron chi connectivity index (χ3n) is 4.72. The van der Waals surface area contributed by atoms with E-state index >= 15 is 0 Å². The molecule has 1 aliphatic rings. The maximum atomic E-state index is 3.75. The van der Waals surface area contributed by atoms with E-state index in [9.17, 15) is 0 Å². The zero-order chi connectivity index (χ0) is 15.2. The van der Waals surface area contributed by atoms with Gasteiger partial charge >= 0.3 is 0 Å². The molecule has 1 heterocycles. The lowest BCUT2D eigenvalue weighted by Crippen LogP contribution is -2.40. The molecule has 0 radical (unpaired) electrons. The van der Waals surface area contributed by atoms with Crippen molar-refractivity contribution < 1.29 is 0 Å². The Balaban J connectivity index is 2.07. The van der Waals surface area contributed by atoms with Gasteiger partial charge in [-0.3, -0.25) is 4.90 Å². The van der Waals surface area contributed by atoms with Crippen molar-refractivity contribution in [3.05, 3.63) is 35.4 Å². The van der Waals surface area contributed by atoms with Crippen LogP contribution in [-0.4, -0.2) is 30.6 Å². The highest BCUT2D eigenvalue weighted by Gasteiger charge is 2.29. The molecule has 0 spiro atoms. The van der Waals surface area contributed by atoms with E-state index in [1.54, 1.807) is 0 Å². The van der Waals surface area contributed by atoms with Gasteiger partial charge < -0.3 is 5.32 Å². The monoisotopic (exact) mass is 288 g/mol. The topological polar surface area (TPSA) is 15.3 Å². The first-order valence-corrected chi connectivity index (χ1v) is 8.65. The van der Waals surface area contributed by atoms with Crippen molar-refractivity contribution >= 4 is 0 Å². The largest absolute Gasteiger partial charge is 0.309 e. The van der Waals surface area contributed by atoms with Gasteiger partial charge in [-0.2, -0.15) is 0 Å². The van der Waals surface area contributed by atoms with Crippen LogP contribution in [0.25, 0.3) is 0 Å². The van der Waals surface area contributed by atoms with Crippen LogP contribution in [0.1, 0.15) is 57.2 Å². The quantitative estimate of drug-likeness (QED) is 0.810. The van der Waals surface area contributed by atoms with Crippen LogP contribution in [-0.2, 0) is 0 Å². The second kappa shape index (κ2) is 7.95. The van der Waals surface area contributed by atoms with Gasteiger partial charge in [-0.05, 0) is 50.8 Å². The number of nitrogens with zero attached hydrogens (tertiary/aromatic N) is 1. The summed E-state index contributed by atoms with van der Waals surface area (Å²) < 4.78 is 0. The molecule has 2 atom stereocenters. The van der Waals surface area contributed by atoms with Gasteiger partial charge in [0.1, 0.15) is 0 Å². The Hall–Kier alpha value is -0.860. The Morgan fingerprint density at radius 1 is 1.24 bits per heavy atom. The van der Waals surface area contributed by atoms with Gasteiger partial charge in [0, 0.05) is 18.6 Å². The van der Waals surface area contributed by atoms with Crippen LogP contribution in [0.5, 0.6) is 0 Å². The summed E-state index contributed by atoms with van der Waals surface area (Å²) in [6.07, 6.45) is 3.92. The first-order chi connectivity index (χ1) is 10.1. The highest BCUT2D eigenvalue weighted by Crippen LogP contribution is 2.26. The van der Waals surface area contributed by atoms with Crippen LogP contribution in [0, 0.1) is 12.8 Å². The van der Waals surface area contributed by atoms with Gasteiger partial charge in [0.15, 0.2) is 0 Å². The molecule has 118 valence electrons. The molecule has 1 fully saturated rings. The molecule has 1 N–H and O–H groups in total. The van der Waals surface area contributed by atoms with Crippen molar-refractivity contribution in [3.63, 3.8) is 0 Å². The second-order valence-electron chi connectivity index (χ2n) is 6.87.